The SMILES string of the molecule is CN1C[C@H]2CCCCN2C1=NC1CC1.I. The van der Waals surface area contributed by atoms with Crippen LogP contribution >= 0.6 is 24.0 Å². The summed E-state index contributed by atoms with van der Waals surface area (Å²) in [6, 6.07) is 1.43. The lowest BCUT2D eigenvalue weighted by Gasteiger charge is -2.29. The lowest BCUT2D eigenvalue weighted by atomic mass is 10.0. The molecule has 2 heterocycles. The van der Waals surface area contributed by atoms with Crippen LogP contribution in [-0.4, -0.2) is 48.0 Å². The van der Waals surface area contributed by atoms with Gasteiger partial charge in [0.2, 0.25) is 0 Å². The van der Waals surface area contributed by atoms with E-state index in [1.165, 1.54) is 51.2 Å². The summed E-state index contributed by atoms with van der Waals surface area (Å²) in [5.74, 6) is 1.29. The minimum absolute atomic E-state index is 0. The molecule has 4 heteroatoms. The molecule has 3 aliphatic rings. The molecule has 0 bridgehead atoms. The van der Waals surface area contributed by atoms with Crippen molar-refractivity contribution < 1.29 is 0 Å². The van der Waals surface area contributed by atoms with Gasteiger partial charge >= 0.3 is 0 Å². The lowest BCUT2D eigenvalue weighted by Crippen LogP contribution is -2.39. The maximum atomic E-state index is 4.82. The molecule has 3 fully saturated rings. The number of guanidine groups is 1. The zero-order valence-electron chi connectivity index (χ0n) is 9.35. The molecule has 2 saturated heterocycles. The molecular formula is C11H20IN3. The summed E-state index contributed by atoms with van der Waals surface area (Å²) in [6.07, 6.45) is 6.76. The first-order valence-electron chi connectivity index (χ1n) is 5.90. The van der Waals surface area contributed by atoms with E-state index in [1.54, 1.807) is 0 Å². The molecule has 1 atom stereocenters. The van der Waals surface area contributed by atoms with E-state index in [0.717, 1.165) is 6.04 Å². The number of fused-ring (bicyclic) bond motifs is 1. The van der Waals surface area contributed by atoms with Crippen LogP contribution in [0, 0.1) is 0 Å². The van der Waals surface area contributed by atoms with E-state index in [2.05, 4.69) is 16.8 Å². The number of piperidine rings is 1. The third kappa shape index (κ3) is 2.24. The molecule has 2 aliphatic heterocycles. The molecule has 1 saturated carbocycles. The fraction of sp³-hybridized carbons (Fsp3) is 0.909. The Hall–Kier alpha value is 0. The Morgan fingerprint density at radius 2 is 2.00 bits per heavy atom. The van der Waals surface area contributed by atoms with E-state index in [4.69, 9.17) is 4.99 Å². The molecule has 0 aromatic rings. The highest BCUT2D eigenvalue weighted by Gasteiger charge is 2.36. The highest BCUT2D eigenvalue weighted by Crippen LogP contribution is 2.29. The Morgan fingerprint density at radius 1 is 1.20 bits per heavy atom. The Bertz CT molecular complexity index is 263. The van der Waals surface area contributed by atoms with Gasteiger partial charge in [-0.05, 0) is 32.1 Å². The van der Waals surface area contributed by atoms with Gasteiger partial charge in [0.15, 0.2) is 5.96 Å². The third-order valence-corrected chi connectivity index (χ3v) is 3.55. The van der Waals surface area contributed by atoms with Crippen molar-refractivity contribution >= 4 is 29.9 Å². The van der Waals surface area contributed by atoms with Crippen LogP contribution in [0.3, 0.4) is 0 Å². The first kappa shape index (κ1) is 11.5. The second-order valence-electron chi connectivity index (χ2n) is 4.88. The minimum atomic E-state index is 0. The summed E-state index contributed by atoms with van der Waals surface area (Å²) in [6.45, 7) is 2.44. The van der Waals surface area contributed by atoms with Gasteiger partial charge in [0.25, 0.3) is 0 Å². The van der Waals surface area contributed by atoms with Crippen LogP contribution in [0.25, 0.3) is 0 Å². The molecule has 0 N–H and O–H groups in total. The van der Waals surface area contributed by atoms with Crippen molar-refractivity contribution in [2.75, 3.05) is 20.1 Å². The Kier molecular flexibility index (Phi) is 3.42. The summed E-state index contributed by atoms with van der Waals surface area (Å²) in [4.78, 5) is 9.72. The van der Waals surface area contributed by atoms with Crippen molar-refractivity contribution in [3.8, 4) is 0 Å². The van der Waals surface area contributed by atoms with Crippen molar-refractivity contribution in [1.29, 1.82) is 0 Å². The molecule has 86 valence electrons. The predicted molar refractivity (Wildman–Crippen MR) is 72.8 cm³/mol. The van der Waals surface area contributed by atoms with Crippen LogP contribution in [0.1, 0.15) is 32.1 Å². The van der Waals surface area contributed by atoms with Gasteiger partial charge in [0.1, 0.15) is 0 Å². The number of rotatable bonds is 1. The highest BCUT2D eigenvalue weighted by molar-refractivity contribution is 14.0. The Balaban J connectivity index is 0.000000853. The number of hydrogen-bond donors (Lipinski definition) is 0. The number of aliphatic imine (C=N–C) groups is 1. The fourth-order valence-electron chi connectivity index (χ4n) is 2.61. The summed E-state index contributed by atoms with van der Waals surface area (Å²) < 4.78 is 0. The third-order valence-electron chi connectivity index (χ3n) is 3.55. The van der Waals surface area contributed by atoms with Crippen LogP contribution in [0.5, 0.6) is 0 Å². The highest BCUT2D eigenvalue weighted by atomic mass is 127. The van der Waals surface area contributed by atoms with Crippen molar-refractivity contribution in [2.24, 2.45) is 4.99 Å². The predicted octanol–water partition coefficient (Wildman–Crippen LogP) is 1.92. The van der Waals surface area contributed by atoms with Crippen molar-refractivity contribution in [3.05, 3.63) is 0 Å². The van der Waals surface area contributed by atoms with Crippen molar-refractivity contribution in [3.63, 3.8) is 0 Å². The smallest absolute Gasteiger partial charge is 0.196 e. The molecule has 0 spiro atoms. The van der Waals surface area contributed by atoms with E-state index in [9.17, 15) is 0 Å². The van der Waals surface area contributed by atoms with E-state index in [0.29, 0.717) is 6.04 Å². The second kappa shape index (κ2) is 4.47. The van der Waals surface area contributed by atoms with Crippen LogP contribution in [0.4, 0.5) is 0 Å². The molecule has 0 aromatic carbocycles. The van der Waals surface area contributed by atoms with Gasteiger partial charge in [0.05, 0.1) is 6.04 Å². The lowest BCUT2D eigenvalue weighted by molar-refractivity contribution is 0.270. The molecule has 0 radical (unpaired) electrons. The average molecular weight is 321 g/mol. The minimum Gasteiger partial charge on any atom is -0.344 e. The van der Waals surface area contributed by atoms with Crippen LogP contribution in [0.2, 0.25) is 0 Å². The summed E-state index contributed by atoms with van der Waals surface area (Å²) in [5, 5.41) is 0. The van der Waals surface area contributed by atoms with E-state index < -0.39 is 0 Å². The van der Waals surface area contributed by atoms with Crippen LogP contribution in [-0.2, 0) is 0 Å². The summed E-state index contributed by atoms with van der Waals surface area (Å²) >= 11 is 0. The Labute approximate surface area is 109 Å². The molecule has 15 heavy (non-hydrogen) atoms. The van der Waals surface area contributed by atoms with Crippen molar-refractivity contribution in [2.45, 2.75) is 44.2 Å². The largest absolute Gasteiger partial charge is 0.344 e. The monoisotopic (exact) mass is 321 g/mol. The number of halogens is 1. The molecule has 0 amide bonds. The molecular weight excluding hydrogens is 301 g/mol. The standard InChI is InChI=1S/C11H19N3.HI/c1-13-8-10-4-2-3-7-14(10)11(13)12-9-5-6-9;/h9-10H,2-8H2,1H3;1H/t10-;/m1./s1. The zero-order valence-corrected chi connectivity index (χ0v) is 11.7. The maximum Gasteiger partial charge on any atom is 0.196 e. The molecule has 0 unspecified atom stereocenters. The van der Waals surface area contributed by atoms with Crippen LogP contribution in [0.15, 0.2) is 4.99 Å². The van der Waals surface area contributed by atoms with E-state index >= 15 is 0 Å². The number of nitrogens with zero attached hydrogens (tertiary/aromatic N) is 3. The normalized spacial score (nSPS) is 32.9. The maximum absolute atomic E-state index is 4.82. The van der Waals surface area contributed by atoms with Gasteiger partial charge in [-0.25, -0.2) is 4.99 Å². The van der Waals surface area contributed by atoms with E-state index in [-0.39, 0.29) is 24.0 Å². The van der Waals surface area contributed by atoms with E-state index in [1.807, 2.05) is 0 Å². The number of likely N-dealkylation sites (N-methyl/N-ethyl adjacent to an activating group) is 1. The second-order valence-corrected chi connectivity index (χ2v) is 4.88. The van der Waals surface area contributed by atoms with Gasteiger partial charge in [0, 0.05) is 26.2 Å². The van der Waals surface area contributed by atoms with Crippen molar-refractivity contribution in [1.82, 2.24) is 9.80 Å². The zero-order chi connectivity index (χ0) is 9.54. The fourth-order valence-corrected chi connectivity index (χ4v) is 2.61. The molecule has 0 aromatic heterocycles. The molecule has 3 nitrogen and oxygen atoms in total. The molecule has 1 aliphatic carbocycles. The molecule has 3 rings (SSSR count). The first-order chi connectivity index (χ1) is 6.84. The quantitative estimate of drug-likeness (QED) is 0.687. The average Bonchev–Trinajstić information content (AvgIpc) is 2.93. The first-order valence-corrected chi connectivity index (χ1v) is 5.90. The van der Waals surface area contributed by atoms with Gasteiger partial charge in [-0.3, -0.25) is 0 Å². The summed E-state index contributed by atoms with van der Waals surface area (Å²) in [7, 11) is 2.19. The topological polar surface area (TPSA) is 18.8 Å². The van der Waals surface area contributed by atoms with Gasteiger partial charge < -0.3 is 9.80 Å². The Morgan fingerprint density at radius 3 is 2.73 bits per heavy atom. The van der Waals surface area contributed by atoms with Gasteiger partial charge in [-0.1, -0.05) is 0 Å². The number of hydrogen-bond acceptors (Lipinski definition) is 1. The van der Waals surface area contributed by atoms with Gasteiger partial charge in [-0.2, -0.15) is 0 Å². The van der Waals surface area contributed by atoms with Gasteiger partial charge in [-0.15, -0.1) is 24.0 Å². The van der Waals surface area contributed by atoms with Crippen LogP contribution < -0.4 is 0 Å². The summed E-state index contributed by atoms with van der Waals surface area (Å²) in [5.41, 5.74) is 0.